The van der Waals surface area contributed by atoms with Crippen LogP contribution < -0.4 is 5.32 Å². The summed E-state index contributed by atoms with van der Waals surface area (Å²) in [7, 11) is 0. The molecule has 2 amide bonds. The Balaban J connectivity index is 1.71. The number of rotatable bonds is 4. The van der Waals surface area contributed by atoms with E-state index in [-0.39, 0.29) is 24.9 Å². The van der Waals surface area contributed by atoms with Gasteiger partial charge in [0.05, 0.1) is 12.1 Å². The number of nitrogens with zero attached hydrogens (tertiary/aromatic N) is 2. The number of alkyl carbamates (subject to hydrolysis) is 1. The molecule has 2 saturated heterocycles. The molecule has 0 radical (unpaired) electrons. The van der Waals surface area contributed by atoms with Crippen LogP contribution in [0, 0.1) is 0 Å². The maximum absolute atomic E-state index is 12.2. The van der Waals surface area contributed by atoms with Crippen LogP contribution in [-0.2, 0) is 9.53 Å². The minimum Gasteiger partial charge on any atom is -0.444 e. The lowest BCUT2D eigenvalue weighted by molar-refractivity contribution is -0.130. The van der Waals surface area contributed by atoms with E-state index in [1.54, 1.807) is 25.7 Å². The first kappa shape index (κ1) is 18.0. The smallest absolute Gasteiger partial charge is 0.407 e. The molecule has 2 fully saturated rings. The summed E-state index contributed by atoms with van der Waals surface area (Å²) in [6, 6.07) is 0.0558. The number of aliphatic hydroxyl groups is 1. The van der Waals surface area contributed by atoms with Crippen molar-refractivity contribution in [1.82, 2.24) is 15.1 Å². The highest BCUT2D eigenvalue weighted by Crippen LogP contribution is 2.21. The highest BCUT2D eigenvalue weighted by Gasteiger charge is 2.38. The quantitative estimate of drug-likeness (QED) is 0.789. The Morgan fingerprint density at radius 1 is 1.22 bits per heavy atom. The van der Waals surface area contributed by atoms with Gasteiger partial charge in [-0.2, -0.15) is 0 Å². The summed E-state index contributed by atoms with van der Waals surface area (Å²) in [6.07, 6.45) is 1.56. The Labute approximate surface area is 138 Å². The Kier molecular flexibility index (Phi) is 5.86. The predicted octanol–water partition coefficient (Wildman–Crippen LogP) is 0.569. The zero-order valence-electron chi connectivity index (χ0n) is 14.4. The number of aliphatic hydroxyl groups excluding tert-OH is 1. The van der Waals surface area contributed by atoms with E-state index in [9.17, 15) is 14.7 Å². The Hall–Kier alpha value is -1.34. The number of hydrogen-bond donors (Lipinski definition) is 2. The molecule has 0 aliphatic carbocycles. The molecule has 2 aliphatic heterocycles. The van der Waals surface area contributed by atoms with E-state index in [4.69, 9.17) is 4.74 Å². The maximum atomic E-state index is 12.2. The molecule has 0 spiro atoms. The van der Waals surface area contributed by atoms with Crippen molar-refractivity contribution in [3.63, 3.8) is 0 Å². The van der Waals surface area contributed by atoms with Crippen LogP contribution in [0.3, 0.4) is 0 Å². The molecule has 23 heavy (non-hydrogen) atoms. The Morgan fingerprint density at radius 2 is 1.87 bits per heavy atom. The second-order valence-corrected chi connectivity index (χ2v) is 7.36. The lowest BCUT2D eigenvalue weighted by Gasteiger charge is -2.25. The summed E-state index contributed by atoms with van der Waals surface area (Å²) in [5, 5.41) is 12.8. The number of nitrogens with one attached hydrogen (secondary N) is 1. The van der Waals surface area contributed by atoms with E-state index in [1.165, 1.54) is 0 Å². The molecular formula is C16H29N3O4. The molecule has 0 aromatic rings. The fourth-order valence-electron chi connectivity index (χ4n) is 3.15. The average molecular weight is 327 g/mol. The molecule has 0 bridgehead atoms. The minimum atomic E-state index is -0.546. The van der Waals surface area contributed by atoms with E-state index in [0.29, 0.717) is 13.1 Å². The number of hydrogen-bond acceptors (Lipinski definition) is 5. The van der Waals surface area contributed by atoms with Gasteiger partial charge in [-0.3, -0.25) is 9.69 Å². The molecule has 2 aliphatic rings. The van der Waals surface area contributed by atoms with Crippen LogP contribution in [-0.4, -0.2) is 77.4 Å². The van der Waals surface area contributed by atoms with Crippen molar-refractivity contribution in [1.29, 1.82) is 0 Å². The van der Waals surface area contributed by atoms with Crippen molar-refractivity contribution < 1.29 is 19.4 Å². The van der Waals surface area contributed by atoms with Gasteiger partial charge in [-0.05, 0) is 46.7 Å². The van der Waals surface area contributed by atoms with Crippen LogP contribution in [0.5, 0.6) is 0 Å². The first-order chi connectivity index (χ1) is 10.8. The lowest BCUT2D eigenvalue weighted by atomic mass is 10.2. The van der Waals surface area contributed by atoms with Crippen molar-refractivity contribution in [2.75, 3.05) is 32.7 Å². The van der Waals surface area contributed by atoms with Crippen LogP contribution in [0.2, 0.25) is 0 Å². The van der Waals surface area contributed by atoms with Crippen LogP contribution in [0.4, 0.5) is 4.79 Å². The van der Waals surface area contributed by atoms with Crippen molar-refractivity contribution in [2.24, 2.45) is 0 Å². The molecule has 2 N–H and O–H groups in total. The highest BCUT2D eigenvalue weighted by molar-refractivity contribution is 5.77. The first-order valence-electron chi connectivity index (χ1n) is 8.43. The maximum Gasteiger partial charge on any atom is 0.407 e. The molecular weight excluding hydrogens is 298 g/mol. The minimum absolute atomic E-state index is 0.0400. The third-order valence-corrected chi connectivity index (χ3v) is 4.23. The van der Waals surface area contributed by atoms with E-state index in [1.807, 2.05) is 0 Å². The average Bonchev–Trinajstić information content (AvgIpc) is 3.05. The van der Waals surface area contributed by atoms with Gasteiger partial charge in [-0.15, -0.1) is 0 Å². The summed E-state index contributed by atoms with van der Waals surface area (Å²) in [5.41, 5.74) is -0.546. The number of amides is 2. The second-order valence-electron chi connectivity index (χ2n) is 7.36. The van der Waals surface area contributed by atoms with Crippen molar-refractivity contribution >= 4 is 12.0 Å². The van der Waals surface area contributed by atoms with Gasteiger partial charge in [0.2, 0.25) is 5.91 Å². The van der Waals surface area contributed by atoms with Gasteiger partial charge in [0, 0.05) is 26.1 Å². The van der Waals surface area contributed by atoms with Crippen molar-refractivity contribution in [3.8, 4) is 0 Å². The van der Waals surface area contributed by atoms with Gasteiger partial charge in [-0.25, -0.2) is 4.79 Å². The van der Waals surface area contributed by atoms with Crippen LogP contribution in [0.1, 0.15) is 40.0 Å². The van der Waals surface area contributed by atoms with Gasteiger partial charge in [-0.1, -0.05) is 0 Å². The fourth-order valence-corrected chi connectivity index (χ4v) is 3.15. The third kappa shape index (κ3) is 5.35. The van der Waals surface area contributed by atoms with Gasteiger partial charge >= 0.3 is 6.09 Å². The Morgan fingerprint density at radius 3 is 2.48 bits per heavy atom. The molecule has 0 saturated carbocycles. The molecule has 132 valence electrons. The van der Waals surface area contributed by atoms with Gasteiger partial charge < -0.3 is 20.1 Å². The van der Waals surface area contributed by atoms with E-state index in [2.05, 4.69) is 10.2 Å². The van der Waals surface area contributed by atoms with Crippen molar-refractivity contribution in [3.05, 3.63) is 0 Å². The highest BCUT2D eigenvalue weighted by atomic mass is 16.6. The summed E-state index contributed by atoms with van der Waals surface area (Å²) in [4.78, 5) is 27.7. The van der Waals surface area contributed by atoms with Gasteiger partial charge in [0.25, 0.3) is 0 Å². The molecule has 7 nitrogen and oxygen atoms in total. The molecule has 2 heterocycles. The van der Waals surface area contributed by atoms with Crippen LogP contribution in [0.15, 0.2) is 0 Å². The molecule has 0 aromatic heterocycles. The van der Waals surface area contributed by atoms with E-state index in [0.717, 1.165) is 25.9 Å². The van der Waals surface area contributed by atoms with Gasteiger partial charge in [0.1, 0.15) is 5.60 Å². The fraction of sp³-hybridized carbons (Fsp3) is 0.875. The van der Waals surface area contributed by atoms with Gasteiger partial charge in [0.15, 0.2) is 0 Å². The molecule has 2 rings (SSSR count). The number of likely N-dealkylation sites (tertiary alicyclic amines) is 2. The topological polar surface area (TPSA) is 82.1 Å². The van der Waals surface area contributed by atoms with Crippen LogP contribution in [0.25, 0.3) is 0 Å². The summed E-state index contributed by atoms with van der Waals surface area (Å²) < 4.78 is 5.12. The standard InChI is InChI=1S/C16H29N3O4/c1-16(2,3)23-15(22)17-7-6-14(21)19-10-12(13(20)11-19)18-8-4-5-9-18/h12-13,20H,4-11H2,1-3H3,(H,17,22)/t12-,13-/m1/s1. The zero-order valence-corrected chi connectivity index (χ0v) is 14.4. The second kappa shape index (κ2) is 7.49. The normalized spacial score (nSPS) is 25.7. The largest absolute Gasteiger partial charge is 0.444 e. The number of carbonyl (C=O) groups excluding carboxylic acids is 2. The first-order valence-corrected chi connectivity index (χ1v) is 8.43. The summed E-state index contributed by atoms with van der Waals surface area (Å²) >= 11 is 0. The lowest BCUT2D eigenvalue weighted by Crippen LogP contribution is -2.41. The molecule has 0 unspecified atom stereocenters. The Bertz CT molecular complexity index is 430. The number of β-amino-alcohol motifs (C(OH)–C–C–N with tert-alkyl or cyclic N) is 1. The molecule has 7 heteroatoms. The number of ether oxygens (including phenoxy) is 1. The molecule has 0 aromatic carbocycles. The molecule has 2 atom stereocenters. The monoisotopic (exact) mass is 327 g/mol. The van der Waals surface area contributed by atoms with Crippen molar-refractivity contribution in [2.45, 2.75) is 57.8 Å². The van der Waals surface area contributed by atoms with E-state index >= 15 is 0 Å². The predicted molar refractivity (Wildman–Crippen MR) is 86.0 cm³/mol. The summed E-state index contributed by atoms with van der Waals surface area (Å²) in [5.74, 6) is -0.0400. The SMILES string of the molecule is CC(C)(C)OC(=O)NCCC(=O)N1C[C@@H](O)[C@H](N2CCCC2)C1. The number of carbonyl (C=O) groups is 2. The zero-order chi connectivity index (χ0) is 17.0. The summed E-state index contributed by atoms with van der Waals surface area (Å²) in [6.45, 7) is 8.59. The van der Waals surface area contributed by atoms with Crippen LogP contribution >= 0.6 is 0 Å². The third-order valence-electron chi connectivity index (χ3n) is 4.23. The van der Waals surface area contributed by atoms with E-state index < -0.39 is 17.8 Å².